The van der Waals surface area contributed by atoms with Crippen molar-refractivity contribution in [3.8, 4) is 0 Å². The molecule has 2 aliphatic rings. The zero-order valence-corrected chi connectivity index (χ0v) is 19.4. The molecule has 0 radical (unpaired) electrons. The van der Waals surface area contributed by atoms with Crippen LogP contribution < -0.4 is 5.32 Å². The number of amides is 1. The van der Waals surface area contributed by atoms with Crippen molar-refractivity contribution in [2.24, 2.45) is 10.3 Å². The van der Waals surface area contributed by atoms with Crippen LogP contribution in [0.15, 0.2) is 34.2 Å². The number of nitrogens with one attached hydrogen (secondary N) is 1. The molecule has 1 fully saturated rings. The largest absolute Gasteiger partial charge is 0.356 e. The van der Waals surface area contributed by atoms with E-state index in [1.54, 1.807) is 0 Å². The molecule has 6 nitrogen and oxygen atoms in total. The molecule has 1 N–H and O–H groups in total. The Morgan fingerprint density at radius 3 is 2.30 bits per heavy atom. The number of rotatable bonds is 5. The van der Waals surface area contributed by atoms with Gasteiger partial charge in [0.25, 0.3) is 10.0 Å². The SMILES string of the molecule is CCC(C)C(=O)NC1CCN(C2=NS(=O)(=O)C(c3ccc(C(C)C)cc3)=C2C)CC1. The smallest absolute Gasteiger partial charge is 0.285 e. The number of amidine groups is 1. The zero-order chi connectivity index (χ0) is 22.1. The molecule has 30 heavy (non-hydrogen) atoms. The molecule has 0 aromatic heterocycles. The number of carbonyl (C=O) groups is 1. The highest BCUT2D eigenvalue weighted by atomic mass is 32.2. The van der Waals surface area contributed by atoms with Crippen LogP contribution in [0.2, 0.25) is 0 Å². The third-order valence-electron chi connectivity index (χ3n) is 6.18. The second-order valence-electron chi connectivity index (χ2n) is 8.70. The predicted octanol–water partition coefficient (Wildman–Crippen LogP) is 3.91. The Morgan fingerprint density at radius 1 is 1.17 bits per heavy atom. The van der Waals surface area contributed by atoms with Gasteiger partial charge in [-0.05, 0) is 43.2 Å². The van der Waals surface area contributed by atoms with Gasteiger partial charge in [-0.3, -0.25) is 4.79 Å². The minimum Gasteiger partial charge on any atom is -0.356 e. The van der Waals surface area contributed by atoms with Crippen molar-refractivity contribution in [1.82, 2.24) is 10.2 Å². The highest BCUT2D eigenvalue weighted by Crippen LogP contribution is 2.34. The molecule has 7 heteroatoms. The van der Waals surface area contributed by atoms with E-state index < -0.39 is 10.0 Å². The molecule has 1 atom stereocenters. The summed E-state index contributed by atoms with van der Waals surface area (Å²) in [4.78, 5) is 14.5. The van der Waals surface area contributed by atoms with Crippen molar-refractivity contribution in [3.05, 3.63) is 41.0 Å². The Kier molecular flexibility index (Phi) is 6.70. The highest BCUT2D eigenvalue weighted by molar-refractivity contribution is 8.00. The Hall–Kier alpha value is -2.15. The standard InChI is InChI=1S/C23H33N3O3S/c1-6-16(4)23(27)24-20-11-13-26(14-12-20)22-17(5)21(30(28,29)25-22)19-9-7-18(8-10-19)15(2)3/h7-10,15-16,20H,6,11-14H2,1-5H3,(H,24,27). The summed E-state index contributed by atoms with van der Waals surface area (Å²) in [6, 6.07) is 7.86. The summed E-state index contributed by atoms with van der Waals surface area (Å²) in [7, 11) is -3.71. The molecule has 1 amide bonds. The van der Waals surface area contributed by atoms with Crippen molar-refractivity contribution in [3.63, 3.8) is 0 Å². The second-order valence-corrected chi connectivity index (χ2v) is 10.2. The Morgan fingerprint density at radius 2 is 1.77 bits per heavy atom. The molecule has 0 spiro atoms. The van der Waals surface area contributed by atoms with Gasteiger partial charge in [0.05, 0.1) is 0 Å². The van der Waals surface area contributed by atoms with Crippen molar-refractivity contribution in [2.45, 2.75) is 65.8 Å². The van der Waals surface area contributed by atoms with Crippen molar-refractivity contribution in [1.29, 1.82) is 0 Å². The summed E-state index contributed by atoms with van der Waals surface area (Å²) in [6.45, 7) is 11.4. The first-order chi connectivity index (χ1) is 14.1. The van der Waals surface area contributed by atoms with Gasteiger partial charge in [-0.15, -0.1) is 4.40 Å². The normalized spacial score (nSPS) is 20.5. The van der Waals surface area contributed by atoms with Crippen molar-refractivity contribution in [2.75, 3.05) is 13.1 Å². The van der Waals surface area contributed by atoms with Gasteiger partial charge in [0.2, 0.25) is 5.91 Å². The van der Waals surface area contributed by atoms with Gasteiger partial charge in [0.15, 0.2) is 0 Å². The molecule has 0 aliphatic carbocycles. The Balaban J connectivity index is 1.74. The summed E-state index contributed by atoms with van der Waals surface area (Å²) < 4.78 is 29.8. The number of benzene rings is 1. The van der Waals surface area contributed by atoms with Gasteiger partial charge in [-0.2, -0.15) is 8.42 Å². The first-order valence-electron chi connectivity index (χ1n) is 10.9. The molecule has 1 unspecified atom stereocenters. The van der Waals surface area contributed by atoms with Crippen LogP contribution in [0.1, 0.15) is 70.9 Å². The molecular formula is C23H33N3O3S. The zero-order valence-electron chi connectivity index (χ0n) is 18.6. The lowest BCUT2D eigenvalue weighted by Crippen LogP contribution is -2.47. The van der Waals surface area contributed by atoms with Crippen LogP contribution in [0.25, 0.3) is 4.91 Å². The minimum absolute atomic E-state index is 0.0159. The third kappa shape index (κ3) is 4.61. The van der Waals surface area contributed by atoms with Crippen LogP contribution >= 0.6 is 0 Å². The molecular weight excluding hydrogens is 398 g/mol. The molecule has 2 aliphatic heterocycles. The number of nitrogens with zero attached hydrogens (tertiary/aromatic N) is 2. The summed E-state index contributed by atoms with van der Waals surface area (Å²) in [5, 5.41) is 3.12. The lowest BCUT2D eigenvalue weighted by atomic mass is 10.00. The number of piperidine rings is 1. The predicted molar refractivity (Wildman–Crippen MR) is 122 cm³/mol. The van der Waals surface area contributed by atoms with Crippen molar-refractivity contribution >= 4 is 26.7 Å². The molecule has 3 rings (SSSR count). The number of hydrogen-bond donors (Lipinski definition) is 1. The first kappa shape index (κ1) is 22.5. The van der Waals surface area contributed by atoms with Gasteiger partial charge in [0.1, 0.15) is 10.7 Å². The fourth-order valence-electron chi connectivity index (χ4n) is 3.97. The van der Waals surface area contributed by atoms with E-state index in [0.29, 0.717) is 40.9 Å². The van der Waals surface area contributed by atoms with Crippen LogP contribution in [0, 0.1) is 5.92 Å². The molecule has 164 valence electrons. The number of likely N-dealkylation sites (tertiary alicyclic amines) is 1. The molecule has 2 heterocycles. The van der Waals surface area contributed by atoms with Gasteiger partial charge in [-0.1, -0.05) is 52.0 Å². The maximum absolute atomic E-state index is 12.8. The van der Waals surface area contributed by atoms with Crippen LogP contribution in [-0.2, 0) is 14.8 Å². The van der Waals surface area contributed by atoms with Crippen LogP contribution in [0.3, 0.4) is 0 Å². The summed E-state index contributed by atoms with van der Waals surface area (Å²) in [5.74, 6) is 1.05. The summed E-state index contributed by atoms with van der Waals surface area (Å²) in [6.07, 6.45) is 2.39. The van der Waals surface area contributed by atoms with Crippen LogP contribution in [0.4, 0.5) is 0 Å². The van der Waals surface area contributed by atoms with E-state index in [4.69, 9.17) is 0 Å². The van der Waals surface area contributed by atoms with Gasteiger partial charge < -0.3 is 10.2 Å². The van der Waals surface area contributed by atoms with Gasteiger partial charge >= 0.3 is 0 Å². The number of sulfonamides is 1. The lowest BCUT2D eigenvalue weighted by Gasteiger charge is -2.34. The van der Waals surface area contributed by atoms with E-state index in [1.807, 2.05) is 49.9 Å². The monoisotopic (exact) mass is 431 g/mol. The van der Waals surface area contributed by atoms with E-state index in [9.17, 15) is 13.2 Å². The van der Waals surface area contributed by atoms with Crippen molar-refractivity contribution < 1.29 is 13.2 Å². The van der Waals surface area contributed by atoms with E-state index in [2.05, 4.69) is 23.6 Å². The first-order valence-corrected chi connectivity index (χ1v) is 12.3. The molecule has 1 saturated heterocycles. The topological polar surface area (TPSA) is 78.8 Å². The van der Waals surface area contributed by atoms with Gasteiger partial charge in [0, 0.05) is 30.6 Å². The van der Waals surface area contributed by atoms with E-state index in [-0.39, 0.29) is 17.9 Å². The minimum atomic E-state index is -3.71. The Bertz CT molecular complexity index is 954. The quantitative estimate of drug-likeness (QED) is 0.767. The molecule has 1 aromatic rings. The average Bonchev–Trinajstić information content (AvgIpc) is 2.96. The lowest BCUT2D eigenvalue weighted by molar-refractivity contribution is -0.125. The van der Waals surface area contributed by atoms with E-state index in [0.717, 1.165) is 19.3 Å². The molecule has 0 saturated carbocycles. The fraction of sp³-hybridized carbons (Fsp3) is 0.565. The summed E-state index contributed by atoms with van der Waals surface area (Å²) in [5.41, 5.74) is 2.57. The number of hydrogen-bond acceptors (Lipinski definition) is 4. The number of carbonyl (C=O) groups excluding carboxylic acids is 1. The maximum atomic E-state index is 12.8. The van der Waals surface area contributed by atoms with E-state index >= 15 is 0 Å². The van der Waals surface area contributed by atoms with Gasteiger partial charge in [-0.25, -0.2) is 0 Å². The summed E-state index contributed by atoms with van der Waals surface area (Å²) >= 11 is 0. The Labute approximate surface area is 180 Å². The third-order valence-corrected chi connectivity index (χ3v) is 7.65. The highest BCUT2D eigenvalue weighted by Gasteiger charge is 2.35. The average molecular weight is 432 g/mol. The maximum Gasteiger partial charge on any atom is 0.285 e. The van der Waals surface area contributed by atoms with Crippen LogP contribution in [0.5, 0.6) is 0 Å². The van der Waals surface area contributed by atoms with Crippen LogP contribution in [-0.4, -0.2) is 44.2 Å². The van der Waals surface area contributed by atoms with E-state index in [1.165, 1.54) is 5.56 Å². The fourth-order valence-corrected chi connectivity index (χ4v) is 5.45. The molecule has 1 aromatic carbocycles. The molecule has 0 bridgehead atoms. The second kappa shape index (κ2) is 8.92.